The zero-order chi connectivity index (χ0) is 24.2. The van der Waals surface area contributed by atoms with E-state index in [1.807, 2.05) is 61.5 Å². The van der Waals surface area contributed by atoms with Crippen molar-refractivity contribution >= 4 is 6.29 Å². The molecule has 5 rings (SSSR count). The summed E-state index contributed by atoms with van der Waals surface area (Å²) in [6.45, 7) is 2.44. The molecule has 0 aromatic heterocycles. The normalized spacial score (nSPS) is 12.3. The monoisotopic (exact) mass is 466 g/mol. The van der Waals surface area contributed by atoms with E-state index in [1.54, 1.807) is 12.1 Å². The molecular formula is C31H27FO3. The van der Waals surface area contributed by atoms with Gasteiger partial charge in [-0.1, -0.05) is 42.5 Å². The molecule has 1 aliphatic carbocycles. The lowest BCUT2D eigenvalue weighted by Gasteiger charge is -2.17. The third-order valence-electron chi connectivity index (χ3n) is 6.49. The van der Waals surface area contributed by atoms with E-state index in [1.165, 1.54) is 12.1 Å². The van der Waals surface area contributed by atoms with Crippen LogP contribution in [0, 0.1) is 12.7 Å². The molecule has 0 saturated heterocycles. The minimum absolute atomic E-state index is 0.255. The van der Waals surface area contributed by atoms with Crippen LogP contribution in [0.15, 0.2) is 78.9 Å². The Morgan fingerprint density at radius 3 is 2.43 bits per heavy atom. The number of aldehydes is 1. The summed E-state index contributed by atoms with van der Waals surface area (Å²) in [4.78, 5) is 11.6. The van der Waals surface area contributed by atoms with Crippen LogP contribution in [0.2, 0.25) is 0 Å². The van der Waals surface area contributed by atoms with Gasteiger partial charge in [-0.2, -0.15) is 0 Å². The third-order valence-corrected chi connectivity index (χ3v) is 6.49. The number of carbonyl (C=O) groups is 1. The maximum Gasteiger partial charge on any atom is 0.150 e. The number of fused-ring (bicyclic) bond motifs is 1. The third kappa shape index (κ3) is 5.12. The van der Waals surface area contributed by atoms with Gasteiger partial charge in [-0.3, -0.25) is 4.79 Å². The van der Waals surface area contributed by atoms with Gasteiger partial charge >= 0.3 is 0 Å². The smallest absolute Gasteiger partial charge is 0.150 e. The maximum atomic E-state index is 13.5. The minimum Gasteiger partial charge on any atom is -0.489 e. The molecule has 4 heteroatoms. The summed E-state index contributed by atoms with van der Waals surface area (Å²) in [5.74, 6) is 2.07. The van der Waals surface area contributed by atoms with E-state index in [4.69, 9.17) is 9.47 Å². The molecule has 176 valence electrons. The highest BCUT2D eigenvalue weighted by Crippen LogP contribution is 2.39. The number of hydrogen-bond acceptors (Lipinski definition) is 3. The molecule has 0 unspecified atom stereocenters. The summed E-state index contributed by atoms with van der Waals surface area (Å²) in [6, 6.07) is 24.3. The van der Waals surface area contributed by atoms with Crippen molar-refractivity contribution in [2.75, 3.05) is 0 Å². The van der Waals surface area contributed by atoms with Gasteiger partial charge in [-0.15, -0.1) is 0 Å². The minimum atomic E-state index is -0.255. The van der Waals surface area contributed by atoms with E-state index in [2.05, 4.69) is 0 Å². The van der Waals surface area contributed by atoms with Crippen LogP contribution in [-0.2, 0) is 25.9 Å². The zero-order valence-corrected chi connectivity index (χ0v) is 19.7. The zero-order valence-electron chi connectivity index (χ0n) is 19.7. The number of hydrogen-bond donors (Lipinski definition) is 0. The lowest BCUT2D eigenvalue weighted by molar-refractivity contribution is 0.112. The van der Waals surface area contributed by atoms with Crippen LogP contribution in [-0.4, -0.2) is 6.29 Å². The summed E-state index contributed by atoms with van der Waals surface area (Å²) in [6.07, 6.45) is 4.37. The van der Waals surface area contributed by atoms with Gasteiger partial charge in [0.25, 0.3) is 0 Å². The standard InChI is InChI=1S/C31H27FO3/c1-21-16-25(19-33)28-8-5-9-29(28)31(21)35-27-14-15-30(34-20-23-6-3-2-4-7-23)24(18-27)17-22-10-12-26(32)13-11-22/h2-4,6-7,10-16,18-19H,5,8-9,17,20H2,1H3. The number of aryl methyl sites for hydroxylation is 1. The SMILES string of the molecule is Cc1cc(C=O)c2c(c1Oc1ccc(OCc3ccccc3)c(Cc3ccc(F)cc3)c1)CCC2. The van der Waals surface area contributed by atoms with Crippen molar-refractivity contribution in [1.29, 1.82) is 0 Å². The molecule has 4 aromatic carbocycles. The Bertz CT molecular complexity index is 1340. The Balaban J connectivity index is 1.46. The van der Waals surface area contributed by atoms with Crippen LogP contribution < -0.4 is 9.47 Å². The van der Waals surface area contributed by atoms with Crippen LogP contribution in [0.5, 0.6) is 17.2 Å². The molecule has 1 aliphatic rings. The molecule has 0 N–H and O–H groups in total. The van der Waals surface area contributed by atoms with Crippen LogP contribution in [0.3, 0.4) is 0 Å². The fourth-order valence-electron chi connectivity index (χ4n) is 4.76. The molecule has 0 amide bonds. The van der Waals surface area contributed by atoms with E-state index >= 15 is 0 Å². The van der Waals surface area contributed by atoms with Crippen molar-refractivity contribution in [2.45, 2.75) is 39.2 Å². The highest BCUT2D eigenvalue weighted by molar-refractivity contribution is 5.80. The predicted octanol–water partition coefficient (Wildman–Crippen LogP) is 7.40. The van der Waals surface area contributed by atoms with Gasteiger partial charge in [-0.05, 0) is 90.4 Å². The molecule has 0 aliphatic heterocycles. The average molecular weight is 467 g/mol. The fraction of sp³-hybridized carbons (Fsp3) is 0.194. The molecule has 4 aromatic rings. The highest BCUT2D eigenvalue weighted by Gasteiger charge is 2.22. The first-order valence-corrected chi connectivity index (χ1v) is 11.9. The van der Waals surface area contributed by atoms with E-state index in [-0.39, 0.29) is 5.82 Å². The summed E-state index contributed by atoms with van der Waals surface area (Å²) < 4.78 is 26.1. The molecule has 0 heterocycles. The van der Waals surface area contributed by atoms with Crippen molar-refractivity contribution in [2.24, 2.45) is 0 Å². The number of rotatable bonds is 8. The molecule has 0 atom stereocenters. The lowest BCUT2D eigenvalue weighted by atomic mass is 9.99. The second-order valence-electron chi connectivity index (χ2n) is 8.99. The van der Waals surface area contributed by atoms with Gasteiger partial charge in [0.2, 0.25) is 0 Å². The number of benzene rings is 4. The van der Waals surface area contributed by atoms with Crippen LogP contribution in [0.4, 0.5) is 4.39 Å². The van der Waals surface area contributed by atoms with Gasteiger partial charge in [0.1, 0.15) is 36.0 Å². The summed E-state index contributed by atoms with van der Waals surface area (Å²) in [7, 11) is 0. The Kier molecular flexibility index (Phi) is 6.62. The molecule has 0 bridgehead atoms. The quantitative estimate of drug-likeness (QED) is 0.254. The van der Waals surface area contributed by atoms with Gasteiger partial charge in [0.05, 0.1) is 0 Å². The molecule has 0 radical (unpaired) electrons. The summed E-state index contributed by atoms with van der Waals surface area (Å²) >= 11 is 0. The topological polar surface area (TPSA) is 35.5 Å². The largest absolute Gasteiger partial charge is 0.489 e. The first-order valence-electron chi connectivity index (χ1n) is 11.9. The second kappa shape index (κ2) is 10.1. The van der Waals surface area contributed by atoms with Crippen LogP contribution >= 0.6 is 0 Å². The van der Waals surface area contributed by atoms with E-state index in [0.717, 1.165) is 76.0 Å². The van der Waals surface area contributed by atoms with Gasteiger partial charge < -0.3 is 9.47 Å². The fourth-order valence-corrected chi connectivity index (χ4v) is 4.76. The van der Waals surface area contributed by atoms with Crippen molar-refractivity contribution in [3.8, 4) is 17.2 Å². The Morgan fingerprint density at radius 1 is 0.886 bits per heavy atom. The van der Waals surface area contributed by atoms with Crippen LogP contribution in [0.1, 0.15) is 50.2 Å². The Hall–Kier alpha value is -3.92. The van der Waals surface area contributed by atoms with Gasteiger partial charge in [0, 0.05) is 17.5 Å². The predicted molar refractivity (Wildman–Crippen MR) is 135 cm³/mol. The average Bonchev–Trinajstić information content (AvgIpc) is 3.37. The highest BCUT2D eigenvalue weighted by atomic mass is 19.1. The Labute approximate surface area is 205 Å². The second-order valence-corrected chi connectivity index (χ2v) is 8.99. The van der Waals surface area contributed by atoms with Crippen molar-refractivity contribution in [3.05, 3.63) is 124 Å². The van der Waals surface area contributed by atoms with Gasteiger partial charge in [0.15, 0.2) is 0 Å². The maximum absolute atomic E-state index is 13.5. The number of ether oxygens (including phenoxy) is 2. The summed E-state index contributed by atoms with van der Waals surface area (Å²) in [5.41, 5.74) is 7.00. The van der Waals surface area contributed by atoms with E-state index < -0.39 is 0 Å². The molecule has 0 fully saturated rings. The van der Waals surface area contributed by atoms with Crippen molar-refractivity contribution in [3.63, 3.8) is 0 Å². The first kappa shape index (κ1) is 22.9. The van der Waals surface area contributed by atoms with E-state index in [0.29, 0.717) is 18.8 Å². The Morgan fingerprint density at radius 2 is 1.66 bits per heavy atom. The van der Waals surface area contributed by atoms with Crippen molar-refractivity contribution in [1.82, 2.24) is 0 Å². The number of carbonyl (C=O) groups excluding carboxylic acids is 1. The van der Waals surface area contributed by atoms with Crippen LogP contribution in [0.25, 0.3) is 0 Å². The number of halogens is 1. The van der Waals surface area contributed by atoms with Gasteiger partial charge in [-0.25, -0.2) is 4.39 Å². The molecular weight excluding hydrogens is 439 g/mol. The molecule has 0 spiro atoms. The van der Waals surface area contributed by atoms with E-state index in [9.17, 15) is 9.18 Å². The molecule has 0 saturated carbocycles. The molecule has 3 nitrogen and oxygen atoms in total. The summed E-state index contributed by atoms with van der Waals surface area (Å²) in [5, 5.41) is 0. The molecule has 35 heavy (non-hydrogen) atoms. The first-order chi connectivity index (χ1) is 17.1. The lowest BCUT2D eigenvalue weighted by Crippen LogP contribution is -2.02. The van der Waals surface area contributed by atoms with Crippen molar-refractivity contribution < 1.29 is 18.7 Å².